The molecular formula is C14H20ClN5O. The minimum atomic E-state index is 0.0596. The Bertz CT molecular complexity index is 646. The predicted molar refractivity (Wildman–Crippen MR) is 81.0 cm³/mol. The number of amides is 1. The number of aromatic nitrogens is 4. The summed E-state index contributed by atoms with van der Waals surface area (Å²) in [6, 6.07) is 1.91. The molecule has 0 aliphatic rings. The number of halogens is 1. The van der Waals surface area contributed by atoms with E-state index in [0.29, 0.717) is 24.5 Å². The third-order valence-electron chi connectivity index (χ3n) is 3.42. The van der Waals surface area contributed by atoms with E-state index in [1.54, 1.807) is 21.3 Å². The number of aryl methyl sites for hydroxylation is 3. The van der Waals surface area contributed by atoms with Crippen LogP contribution >= 0.6 is 11.6 Å². The summed E-state index contributed by atoms with van der Waals surface area (Å²) in [6.07, 6.45) is 2.26. The second-order valence-corrected chi connectivity index (χ2v) is 5.57. The van der Waals surface area contributed by atoms with Gasteiger partial charge in [-0.2, -0.15) is 10.2 Å². The van der Waals surface area contributed by atoms with Crippen LogP contribution < -0.4 is 0 Å². The van der Waals surface area contributed by atoms with Crippen molar-refractivity contribution >= 4 is 17.5 Å². The van der Waals surface area contributed by atoms with Crippen LogP contribution in [-0.4, -0.2) is 37.4 Å². The normalized spacial score (nSPS) is 10.9. The molecule has 0 aromatic carbocycles. The first kappa shape index (κ1) is 15.6. The van der Waals surface area contributed by atoms with E-state index in [4.69, 9.17) is 11.6 Å². The molecule has 2 aromatic heterocycles. The van der Waals surface area contributed by atoms with Gasteiger partial charge in [0.05, 0.1) is 35.2 Å². The Kier molecular flexibility index (Phi) is 4.67. The monoisotopic (exact) mass is 309 g/mol. The van der Waals surface area contributed by atoms with E-state index in [0.717, 1.165) is 17.1 Å². The van der Waals surface area contributed by atoms with Crippen molar-refractivity contribution in [1.82, 2.24) is 24.5 Å². The average molecular weight is 310 g/mol. The molecule has 7 heteroatoms. The lowest BCUT2D eigenvalue weighted by Gasteiger charge is -2.16. The number of hydrogen-bond donors (Lipinski definition) is 0. The minimum Gasteiger partial charge on any atom is -0.340 e. The topological polar surface area (TPSA) is 56.0 Å². The van der Waals surface area contributed by atoms with Gasteiger partial charge in [0, 0.05) is 26.7 Å². The third kappa shape index (κ3) is 3.64. The van der Waals surface area contributed by atoms with Gasteiger partial charge in [-0.05, 0) is 19.9 Å². The first-order valence-electron chi connectivity index (χ1n) is 6.80. The number of carbonyl (C=O) groups is 1. The van der Waals surface area contributed by atoms with E-state index >= 15 is 0 Å². The summed E-state index contributed by atoms with van der Waals surface area (Å²) in [6.45, 7) is 4.81. The summed E-state index contributed by atoms with van der Waals surface area (Å²) in [5.74, 6) is 0.0596. The molecule has 0 bridgehead atoms. The standard InChI is InChI=1S/C14H20ClN5O/c1-10-14(15)11(2)20(16-10)8-6-13(21)18(3)9-12-5-7-19(4)17-12/h5,7H,6,8-9H2,1-4H3. The fraction of sp³-hybridized carbons (Fsp3) is 0.500. The molecular weight excluding hydrogens is 290 g/mol. The second-order valence-electron chi connectivity index (χ2n) is 5.19. The fourth-order valence-corrected chi connectivity index (χ4v) is 2.30. The van der Waals surface area contributed by atoms with Crippen LogP contribution in [0.5, 0.6) is 0 Å². The van der Waals surface area contributed by atoms with Gasteiger partial charge in [0.1, 0.15) is 0 Å². The van der Waals surface area contributed by atoms with Crippen molar-refractivity contribution in [2.24, 2.45) is 7.05 Å². The molecule has 0 saturated carbocycles. The maximum atomic E-state index is 12.1. The van der Waals surface area contributed by atoms with Crippen molar-refractivity contribution in [3.8, 4) is 0 Å². The van der Waals surface area contributed by atoms with Crippen LogP contribution in [0.2, 0.25) is 5.02 Å². The first-order valence-corrected chi connectivity index (χ1v) is 7.18. The van der Waals surface area contributed by atoms with Gasteiger partial charge in [0.15, 0.2) is 0 Å². The van der Waals surface area contributed by atoms with Crippen LogP contribution in [0.1, 0.15) is 23.5 Å². The van der Waals surface area contributed by atoms with Gasteiger partial charge in [0.2, 0.25) is 5.91 Å². The predicted octanol–water partition coefficient (Wildman–Crippen LogP) is 1.94. The smallest absolute Gasteiger partial charge is 0.224 e. The van der Waals surface area contributed by atoms with Gasteiger partial charge in [-0.25, -0.2) is 0 Å². The van der Waals surface area contributed by atoms with Crippen molar-refractivity contribution in [3.05, 3.63) is 34.4 Å². The molecule has 0 spiro atoms. The number of carbonyl (C=O) groups excluding carboxylic acids is 1. The molecule has 0 aliphatic carbocycles. The fourth-order valence-electron chi connectivity index (χ4n) is 2.16. The molecule has 0 saturated heterocycles. The first-order chi connectivity index (χ1) is 9.88. The molecule has 0 unspecified atom stereocenters. The van der Waals surface area contributed by atoms with E-state index in [1.165, 1.54) is 0 Å². The maximum Gasteiger partial charge on any atom is 0.224 e. The van der Waals surface area contributed by atoms with Gasteiger partial charge in [-0.1, -0.05) is 11.6 Å². The average Bonchev–Trinajstić information content (AvgIpc) is 2.95. The Morgan fingerprint density at radius 3 is 2.62 bits per heavy atom. The lowest BCUT2D eigenvalue weighted by molar-refractivity contribution is -0.130. The molecule has 2 rings (SSSR count). The quantitative estimate of drug-likeness (QED) is 0.848. The Labute approximate surface area is 129 Å². The van der Waals surface area contributed by atoms with Gasteiger partial charge < -0.3 is 4.90 Å². The molecule has 2 heterocycles. The Balaban J connectivity index is 1.90. The molecule has 21 heavy (non-hydrogen) atoms. The van der Waals surface area contributed by atoms with Crippen LogP contribution in [0.4, 0.5) is 0 Å². The Hall–Kier alpha value is -1.82. The zero-order chi connectivity index (χ0) is 15.6. The molecule has 0 aliphatic heterocycles. The van der Waals surface area contributed by atoms with Crippen molar-refractivity contribution in [3.63, 3.8) is 0 Å². The second kappa shape index (κ2) is 6.30. The molecule has 6 nitrogen and oxygen atoms in total. The number of rotatable bonds is 5. The zero-order valence-electron chi connectivity index (χ0n) is 12.8. The van der Waals surface area contributed by atoms with Crippen molar-refractivity contribution in [2.45, 2.75) is 33.4 Å². The lowest BCUT2D eigenvalue weighted by Crippen LogP contribution is -2.27. The van der Waals surface area contributed by atoms with Crippen LogP contribution in [-0.2, 0) is 24.9 Å². The molecule has 0 fully saturated rings. The summed E-state index contributed by atoms with van der Waals surface area (Å²) in [4.78, 5) is 13.8. The highest BCUT2D eigenvalue weighted by Gasteiger charge is 2.13. The summed E-state index contributed by atoms with van der Waals surface area (Å²) < 4.78 is 3.51. The van der Waals surface area contributed by atoms with Crippen LogP contribution in [0, 0.1) is 13.8 Å². The number of nitrogens with zero attached hydrogens (tertiary/aromatic N) is 5. The lowest BCUT2D eigenvalue weighted by atomic mass is 10.3. The Morgan fingerprint density at radius 1 is 1.38 bits per heavy atom. The minimum absolute atomic E-state index is 0.0596. The van der Waals surface area contributed by atoms with Gasteiger partial charge in [-0.3, -0.25) is 14.2 Å². The summed E-state index contributed by atoms with van der Waals surface area (Å²) >= 11 is 6.10. The van der Waals surface area contributed by atoms with Gasteiger partial charge >= 0.3 is 0 Å². The highest BCUT2D eigenvalue weighted by atomic mass is 35.5. The van der Waals surface area contributed by atoms with Crippen molar-refractivity contribution in [1.29, 1.82) is 0 Å². The summed E-state index contributed by atoms with van der Waals surface area (Å²) in [5, 5.41) is 9.27. The van der Waals surface area contributed by atoms with Gasteiger partial charge in [0.25, 0.3) is 0 Å². The van der Waals surface area contributed by atoms with Crippen molar-refractivity contribution in [2.75, 3.05) is 7.05 Å². The summed E-state index contributed by atoms with van der Waals surface area (Å²) in [5.41, 5.74) is 2.57. The van der Waals surface area contributed by atoms with E-state index in [9.17, 15) is 4.79 Å². The highest BCUT2D eigenvalue weighted by Crippen LogP contribution is 2.19. The van der Waals surface area contributed by atoms with Gasteiger partial charge in [-0.15, -0.1) is 0 Å². The third-order valence-corrected chi connectivity index (χ3v) is 3.97. The molecule has 0 radical (unpaired) electrons. The van der Waals surface area contributed by atoms with Crippen LogP contribution in [0.15, 0.2) is 12.3 Å². The van der Waals surface area contributed by atoms with E-state index in [2.05, 4.69) is 10.2 Å². The maximum absolute atomic E-state index is 12.1. The molecule has 1 amide bonds. The Morgan fingerprint density at radius 2 is 2.10 bits per heavy atom. The SMILES string of the molecule is Cc1nn(CCC(=O)N(C)Cc2ccn(C)n2)c(C)c1Cl. The van der Waals surface area contributed by atoms with E-state index in [1.807, 2.05) is 33.2 Å². The van der Waals surface area contributed by atoms with Crippen LogP contribution in [0.25, 0.3) is 0 Å². The largest absolute Gasteiger partial charge is 0.340 e. The van der Waals surface area contributed by atoms with E-state index < -0.39 is 0 Å². The van der Waals surface area contributed by atoms with Crippen molar-refractivity contribution < 1.29 is 4.79 Å². The highest BCUT2D eigenvalue weighted by molar-refractivity contribution is 6.31. The zero-order valence-corrected chi connectivity index (χ0v) is 13.6. The molecule has 114 valence electrons. The van der Waals surface area contributed by atoms with E-state index in [-0.39, 0.29) is 5.91 Å². The molecule has 2 aromatic rings. The molecule has 0 N–H and O–H groups in total. The molecule has 0 atom stereocenters. The number of hydrogen-bond acceptors (Lipinski definition) is 3. The summed E-state index contributed by atoms with van der Waals surface area (Å²) in [7, 11) is 3.64. The van der Waals surface area contributed by atoms with Crippen LogP contribution in [0.3, 0.4) is 0 Å².